The van der Waals surface area contributed by atoms with E-state index < -0.39 is 8.32 Å². The lowest BCUT2D eigenvalue weighted by Crippen LogP contribution is -2.40. The highest BCUT2D eigenvalue weighted by Gasteiger charge is 2.36. The Bertz CT molecular complexity index is 275. The Balaban J connectivity index is 4.22. The standard InChI is InChI=1S/C14H26OSi/c1-8-13(9-2)11-10-12-15-16(6,7)14(3,4)5/h8,13H,1,9,12H2,2-7H3/t13-/m1/s1. The van der Waals surface area contributed by atoms with E-state index in [1.165, 1.54) is 0 Å². The monoisotopic (exact) mass is 238 g/mol. The van der Waals surface area contributed by atoms with Crippen molar-refractivity contribution >= 4 is 8.32 Å². The molecule has 0 amide bonds. The molecule has 92 valence electrons. The Labute approximate surface area is 102 Å². The Kier molecular flexibility index (Phi) is 6.07. The quantitative estimate of drug-likeness (QED) is 0.405. The molecule has 2 heteroatoms. The third-order valence-electron chi connectivity index (χ3n) is 3.32. The zero-order chi connectivity index (χ0) is 12.8. The second kappa shape index (κ2) is 6.27. The number of allylic oxidation sites excluding steroid dienone is 1. The molecule has 0 spiro atoms. The summed E-state index contributed by atoms with van der Waals surface area (Å²) >= 11 is 0. The van der Waals surface area contributed by atoms with Crippen molar-refractivity contribution in [1.82, 2.24) is 0 Å². The van der Waals surface area contributed by atoms with Crippen molar-refractivity contribution in [3.05, 3.63) is 12.7 Å². The van der Waals surface area contributed by atoms with Crippen molar-refractivity contribution in [3.8, 4) is 11.8 Å². The lowest BCUT2D eigenvalue weighted by molar-refractivity contribution is 0.334. The highest BCUT2D eigenvalue weighted by Crippen LogP contribution is 2.36. The molecule has 0 aromatic carbocycles. The predicted molar refractivity (Wildman–Crippen MR) is 74.9 cm³/mol. The summed E-state index contributed by atoms with van der Waals surface area (Å²) in [5, 5.41) is 0.261. The molecule has 0 aromatic heterocycles. The van der Waals surface area contributed by atoms with Gasteiger partial charge in [0, 0.05) is 5.92 Å². The van der Waals surface area contributed by atoms with Crippen LogP contribution < -0.4 is 0 Å². The molecule has 0 aliphatic heterocycles. The summed E-state index contributed by atoms with van der Waals surface area (Å²) in [5.74, 6) is 6.59. The van der Waals surface area contributed by atoms with Gasteiger partial charge in [-0.25, -0.2) is 0 Å². The second-order valence-electron chi connectivity index (χ2n) is 5.62. The first-order chi connectivity index (χ1) is 7.24. The SMILES string of the molecule is C=C[C@@H](C#CCO[Si](C)(C)C(C)(C)C)CC. The van der Waals surface area contributed by atoms with Gasteiger partial charge in [0.05, 0.1) is 6.61 Å². The van der Waals surface area contributed by atoms with Crippen LogP contribution in [0.15, 0.2) is 12.7 Å². The molecule has 16 heavy (non-hydrogen) atoms. The average Bonchev–Trinajstić information content (AvgIpc) is 2.16. The molecular weight excluding hydrogens is 212 g/mol. The molecular formula is C14H26OSi. The maximum absolute atomic E-state index is 5.96. The molecule has 0 N–H and O–H groups in total. The van der Waals surface area contributed by atoms with E-state index in [-0.39, 0.29) is 5.04 Å². The zero-order valence-corrected chi connectivity index (χ0v) is 12.7. The van der Waals surface area contributed by atoms with Gasteiger partial charge < -0.3 is 4.43 Å². The van der Waals surface area contributed by atoms with Crippen LogP contribution in [0.25, 0.3) is 0 Å². The van der Waals surface area contributed by atoms with Gasteiger partial charge in [0.25, 0.3) is 0 Å². The summed E-state index contributed by atoms with van der Waals surface area (Å²) in [6.07, 6.45) is 2.93. The normalized spacial score (nSPS) is 13.9. The molecule has 0 aromatic rings. The van der Waals surface area contributed by atoms with Crippen LogP contribution in [0.1, 0.15) is 34.1 Å². The summed E-state index contributed by atoms with van der Waals surface area (Å²) in [6, 6.07) is 0. The number of hydrogen-bond acceptors (Lipinski definition) is 1. The predicted octanol–water partition coefficient (Wildman–Crippen LogP) is 4.22. The van der Waals surface area contributed by atoms with Gasteiger partial charge in [0.15, 0.2) is 8.32 Å². The van der Waals surface area contributed by atoms with E-state index in [9.17, 15) is 0 Å². The molecule has 0 rings (SSSR count). The summed E-state index contributed by atoms with van der Waals surface area (Å²) in [4.78, 5) is 0. The van der Waals surface area contributed by atoms with Gasteiger partial charge in [0.2, 0.25) is 0 Å². The molecule has 1 atom stereocenters. The third kappa shape index (κ3) is 5.00. The Morgan fingerprint density at radius 1 is 1.38 bits per heavy atom. The smallest absolute Gasteiger partial charge is 0.193 e. The van der Waals surface area contributed by atoms with Gasteiger partial charge in [-0.3, -0.25) is 0 Å². The topological polar surface area (TPSA) is 9.23 Å². The first kappa shape index (κ1) is 15.5. The van der Waals surface area contributed by atoms with Crippen molar-refractivity contribution in [1.29, 1.82) is 0 Å². The lowest BCUT2D eigenvalue weighted by Gasteiger charge is -2.35. The minimum Gasteiger partial charge on any atom is -0.406 e. The third-order valence-corrected chi connectivity index (χ3v) is 7.80. The number of hydrogen-bond donors (Lipinski definition) is 0. The minimum atomic E-state index is -1.63. The molecule has 0 aliphatic rings. The van der Waals surface area contributed by atoms with E-state index in [1.54, 1.807) is 0 Å². The van der Waals surface area contributed by atoms with Gasteiger partial charge in [0.1, 0.15) is 0 Å². The van der Waals surface area contributed by atoms with Crippen LogP contribution in [0.4, 0.5) is 0 Å². The van der Waals surface area contributed by atoms with Crippen LogP contribution in [0.5, 0.6) is 0 Å². The van der Waals surface area contributed by atoms with Crippen LogP contribution in [0.2, 0.25) is 18.1 Å². The minimum absolute atomic E-state index is 0.261. The molecule has 0 fully saturated rings. The largest absolute Gasteiger partial charge is 0.406 e. The summed E-state index contributed by atoms with van der Waals surface area (Å²) in [6.45, 7) is 17.7. The molecule has 0 saturated heterocycles. The molecule has 0 bridgehead atoms. The first-order valence-corrected chi connectivity index (χ1v) is 8.90. The summed E-state index contributed by atoms with van der Waals surface area (Å²) in [5.41, 5.74) is 0. The van der Waals surface area contributed by atoms with Crippen LogP contribution >= 0.6 is 0 Å². The van der Waals surface area contributed by atoms with Gasteiger partial charge in [-0.1, -0.05) is 45.6 Å². The van der Waals surface area contributed by atoms with Gasteiger partial charge in [-0.15, -0.1) is 6.58 Å². The van der Waals surface area contributed by atoms with Crippen molar-refractivity contribution in [2.24, 2.45) is 5.92 Å². The summed E-state index contributed by atoms with van der Waals surface area (Å²) in [7, 11) is -1.63. The molecule has 0 unspecified atom stereocenters. The van der Waals surface area contributed by atoms with Gasteiger partial charge in [-0.05, 0) is 24.6 Å². The summed E-state index contributed by atoms with van der Waals surface area (Å²) < 4.78 is 5.96. The second-order valence-corrected chi connectivity index (χ2v) is 10.4. The van der Waals surface area contributed by atoms with Crippen LogP contribution in [0.3, 0.4) is 0 Å². The highest BCUT2D eigenvalue weighted by atomic mass is 28.4. The fourth-order valence-corrected chi connectivity index (χ4v) is 1.80. The molecule has 0 saturated carbocycles. The Morgan fingerprint density at radius 3 is 2.31 bits per heavy atom. The maximum Gasteiger partial charge on any atom is 0.193 e. The average molecular weight is 238 g/mol. The van der Waals surface area contributed by atoms with Crippen molar-refractivity contribution in [2.75, 3.05) is 6.61 Å². The lowest BCUT2D eigenvalue weighted by atomic mass is 10.1. The van der Waals surface area contributed by atoms with E-state index >= 15 is 0 Å². The van der Waals surface area contributed by atoms with Crippen LogP contribution in [-0.4, -0.2) is 14.9 Å². The fraction of sp³-hybridized carbons (Fsp3) is 0.714. The van der Waals surface area contributed by atoms with Crippen molar-refractivity contribution in [2.45, 2.75) is 52.2 Å². The van der Waals surface area contributed by atoms with Crippen LogP contribution in [-0.2, 0) is 4.43 Å². The van der Waals surface area contributed by atoms with Crippen molar-refractivity contribution in [3.63, 3.8) is 0 Å². The van der Waals surface area contributed by atoms with Gasteiger partial charge >= 0.3 is 0 Å². The molecule has 0 aliphatic carbocycles. The van der Waals surface area contributed by atoms with Crippen molar-refractivity contribution < 1.29 is 4.43 Å². The molecule has 1 nitrogen and oxygen atoms in total. The molecule has 0 heterocycles. The Morgan fingerprint density at radius 2 is 1.94 bits per heavy atom. The van der Waals surface area contributed by atoms with E-state index in [0.29, 0.717) is 12.5 Å². The van der Waals surface area contributed by atoms with E-state index in [0.717, 1.165) is 6.42 Å². The number of rotatable bonds is 4. The highest BCUT2D eigenvalue weighted by molar-refractivity contribution is 6.74. The first-order valence-electron chi connectivity index (χ1n) is 5.99. The Hall–Kier alpha value is -0.523. The van der Waals surface area contributed by atoms with E-state index in [4.69, 9.17) is 4.43 Å². The zero-order valence-electron chi connectivity index (χ0n) is 11.7. The van der Waals surface area contributed by atoms with Gasteiger partial charge in [-0.2, -0.15) is 0 Å². The fourth-order valence-electron chi connectivity index (χ4n) is 0.933. The molecule has 0 radical (unpaired) electrons. The van der Waals surface area contributed by atoms with E-state index in [1.807, 2.05) is 6.08 Å². The maximum atomic E-state index is 5.96. The van der Waals surface area contributed by atoms with E-state index in [2.05, 4.69) is 59.2 Å². The van der Waals surface area contributed by atoms with Crippen LogP contribution in [0, 0.1) is 17.8 Å².